The molecule has 1 atom stereocenters. The van der Waals surface area contributed by atoms with E-state index in [-0.39, 0.29) is 5.75 Å². The second-order valence-electron chi connectivity index (χ2n) is 4.94. The first-order valence-electron chi connectivity index (χ1n) is 6.12. The zero-order valence-corrected chi connectivity index (χ0v) is 11.9. The van der Waals surface area contributed by atoms with E-state index in [9.17, 15) is 5.11 Å². The van der Waals surface area contributed by atoms with Gasteiger partial charge in [-0.2, -0.15) is 0 Å². The molecule has 1 unspecified atom stereocenters. The minimum atomic E-state index is 0.122. The van der Waals surface area contributed by atoms with Gasteiger partial charge < -0.3 is 15.3 Å². The maximum atomic E-state index is 9.82. The molecule has 0 spiro atoms. The second-order valence-corrected chi connectivity index (χ2v) is 5.79. The molecular formula is C13H18Cl2N2O. The predicted octanol–water partition coefficient (Wildman–Crippen LogP) is 2.74. The Morgan fingerprint density at radius 1 is 1.44 bits per heavy atom. The van der Waals surface area contributed by atoms with Crippen LogP contribution in [-0.2, 0) is 6.54 Å². The number of benzene rings is 1. The van der Waals surface area contributed by atoms with Gasteiger partial charge in [0.2, 0.25) is 0 Å². The van der Waals surface area contributed by atoms with Gasteiger partial charge in [-0.25, -0.2) is 0 Å². The lowest BCUT2D eigenvalue weighted by Gasteiger charge is -2.13. The fraction of sp³-hybridized carbons (Fsp3) is 0.538. The molecule has 0 radical (unpaired) electrons. The molecule has 2 rings (SSSR count). The Bertz CT molecular complexity index is 426. The van der Waals surface area contributed by atoms with E-state index in [1.54, 1.807) is 12.1 Å². The van der Waals surface area contributed by atoms with Gasteiger partial charge in [-0.3, -0.25) is 0 Å². The minimum absolute atomic E-state index is 0.122. The molecule has 18 heavy (non-hydrogen) atoms. The van der Waals surface area contributed by atoms with Crippen molar-refractivity contribution in [2.24, 2.45) is 5.92 Å². The van der Waals surface area contributed by atoms with E-state index >= 15 is 0 Å². The normalized spacial score (nSPS) is 20.5. The molecule has 1 aromatic carbocycles. The molecule has 100 valence electrons. The zero-order chi connectivity index (χ0) is 13.1. The number of phenolic OH excluding ortho intramolecular Hbond substituents is 1. The molecule has 1 aromatic rings. The van der Waals surface area contributed by atoms with Crippen LogP contribution in [-0.4, -0.2) is 36.7 Å². The third-order valence-corrected chi connectivity index (χ3v) is 3.85. The molecule has 1 aliphatic heterocycles. The van der Waals surface area contributed by atoms with Crippen LogP contribution < -0.4 is 5.32 Å². The standard InChI is InChI=1S/C13H18Cl2N2O/c1-17-3-2-9(8-17)6-16-7-10-4-11(14)5-12(15)13(10)18/h4-5,9,16,18H,2-3,6-8H2,1H3. The highest BCUT2D eigenvalue weighted by Crippen LogP contribution is 2.31. The molecule has 2 N–H and O–H groups in total. The second kappa shape index (κ2) is 6.11. The molecular weight excluding hydrogens is 271 g/mol. The van der Waals surface area contributed by atoms with Gasteiger partial charge in [0.05, 0.1) is 5.02 Å². The van der Waals surface area contributed by atoms with Gasteiger partial charge in [0.15, 0.2) is 0 Å². The maximum Gasteiger partial charge on any atom is 0.138 e. The zero-order valence-electron chi connectivity index (χ0n) is 10.4. The summed E-state index contributed by atoms with van der Waals surface area (Å²) < 4.78 is 0. The Balaban J connectivity index is 1.87. The summed E-state index contributed by atoms with van der Waals surface area (Å²) in [6, 6.07) is 3.30. The topological polar surface area (TPSA) is 35.5 Å². The van der Waals surface area contributed by atoms with Crippen LogP contribution in [0.4, 0.5) is 0 Å². The summed E-state index contributed by atoms with van der Waals surface area (Å²) in [5.41, 5.74) is 0.749. The fourth-order valence-electron chi connectivity index (χ4n) is 2.36. The van der Waals surface area contributed by atoms with Crippen molar-refractivity contribution in [3.63, 3.8) is 0 Å². The van der Waals surface area contributed by atoms with Gasteiger partial charge >= 0.3 is 0 Å². The molecule has 0 aromatic heterocycles. The number of nitrogens with one attached hydrogen (secondary N) is 1. The van der Waals surface area contributed by atoms with E-state index in [4.69, 9.17) is 23.2 Å². The number of phenols is 1. The summed E-state index contributed by atoms with van der Waals surface area (Å²) in [5.74, 6) is 0.809. The van der Waals surface area contributed by atoms with Crippen molar-refractivity contribution < 1.29 is 5.11 Å². The van der Waals surface area contributed by atoms with Crippen LogP contribution in [0.5, 0.6) is 5.75 Å². The summed E-state index contributed by atoms with van der Waals surface area (Å²) in [7, 11) is 2.14. The Morgan fingerprint density at radius 3 is 2.89 bits per heavy atom. The van der Waals surface area contributed by atoms with Crippen LogP contribution in [0.15, 0.2) is 12.1 Å². The van der Waals surface area contributed by atoms with Crippen LogP contribution in [0.1, 0.15) is 12.0 Å². The molecule has 0 bridgehead atoms. The predicted molar refractivity (Wildman–Crippen MR) is 75.4 cm³/mol. The number of likely N-dealkylation sites (tertiary alicyclic amines) is 1. The first-order valence-corrected chi connectivity index (χ1v) is 6.88. The van der Waals surface area contributed by atoms with Crippen LogP contribution in [0.25, 0.3) is 0 Å². The number of halogens is 2. The summed E-state index contributed by atoms with van der Waals surface area (Å²) in [5, 5.41) is 14.0. The first-order chi connectivity index (χ1) is 8.56. The Hall–Kier alpha value is -0.480. The molecule has 1 saturated heterocycles. The molecule has 0 aliphatic carbocycles. The lowest BCUT2D eigenvalue weighted by molar-refractivity contribution is 0.387. The van der Waals surface area contributed by atoms with E-state index in [1.165, 1.54) is 13.0 Å². The van der Waals surface area contributed by atoms with Crippen molar-refractivity contribution in [3.8, 4) is 5.75 Å². The number of nitrogens with zero attached hydrogens (tertiary/aromatic N) is 1. The molecule has 0 saturated carbocycles. The average molecular weight is 289 g/mol. The van der Waals surface area contributed by atoms with Crippen LogP contribution in [0.3, 0.4) is 0 Å². The molecule has 1 heterocycles. The number of hydrogen-bond donors (Lipinski definition) is 2. The Labute approximate surface area is 118 Å². The highest BCUT2D eigenvalue weighted by molar-refractivity contribution is 6.35. The molecule has 5 heteroatoms. The number of aromatic hydroxyl groups is 1. The first kappa shape index (κ1) is 13.9. The van der Waals surface area contributed by atoms with Gasteiger partial charge in [-0.05, 0) is 44.6 Å². The van der Waals surface area contributed by atoms with Crippen molar-refractivity contribution in [3.05, 3.63) is 27.7 Å². The van der Waals surface area contributed by atoms with Gasteiger partial charge in [-0.1, -0.05) is 23.2 Å². The summed E-state index contributed by atoms with van der Waals surface area (Å²) in [6.45, 7) is 3.84. The molecule has 3 nitrogen and oxygen atoms in total. The van der Waals surface area contributed by atoms with Gasteiger partial charge in [0.1, 0.15) is 5.75 Å². The number of rotatable bonds is 4. The molecule has 1 aliphatic rings. The lowest BCUT2D eigenvalue weighted by atomic mass is 10.1. The van der Waals surface area contributed by atoms with Gasteiger partial charge in [-0.15, -0.1) is 0 Å². The average Bonchev–Trinajstić information content (AvgIpc) is 2.71. The van der Waals surface area contributed by atoms with E-state index < -0.39 is 0 Å². The van der Waals surface area contributed by atoms with Crippen molar-refractivity contribution in [1.82, 2.24) is 10.2 Å². The lowest BCUT2D eigenvalue weighted by Crippen LogP contribution is -2.24. The van der Waals surface area contributed by atoms with E-state index in [0.29, 0.717) is 22.5 Å². The van der Waals surface area contributed by atoms with Gasteiger partial charge in [0.25, 0.3) is 0 Å². The van der Waals surface area contributed by atoms with Gasteiger partial charge in [0, 0.05) is 23.7 Å². The largest absolute Gasteiger partial charge is 0.506 e. The number of hydrogen-bond acceptors (Lipinski definition) is 3. The van der Waals surface area contributed by atoms with E-state index in [1.807, 2.05) is 0 Å². The van der Waals surface area contributed by atoms with Crippen molar-refractivity contribution in [2.75, 3.05) is 26.7 Å². The van der Waals surface area contributed by atoms with Crippen LogP contribution in [0.2, 0.25) is 10.0 Å². The van der Waals surface area contributed by atoms with Crippen molar-refractivity contribution in [1.29, 1.82) is 0 Å². The SMILES string of the molecule is CN1CCC(CNCc2cc(Cl)cc(Cl)c2O)C1. The summed E-state index contributed by atoms with van der Waals surface area (Å²) in [6.07, 6.45) is 1.23. The highest BCUT2D eigenvalue weighted by Gasteiger charge is 2.18. The minimum Gasteiger partial charge on any atom is -0.506 e. The monoisotopic (exact) mass is 288 g/mol. The fourth-order valence-corrected chi connectivity index (χ4v) is 2.89. The summed E-state index contributed by atoms with van der Waals surface area (Å²) >= 11 is 11.8. The van der Waals surface area contributed by atoms with Crippen LogP contribution in [0, 0.1) is 5.92 Å². The van der Waals surface area contributed by atoms with Crippen LogP contribution >= 0.6 is 23.2 Å². The molecule has 1 fully saturated rings. The smallest absolute Gasteiger partial charge is 0.138 e. The molecule has 0 amide bonds. The third-order valence-electron chi connectivity index (χ3n) is 3.34. The highest BCUT2D eigenvalue weighted by atomic mass is 35.5. The summed E-state index contributed by atoms with van der Waals surface area (Å²) in [4.78, 5) is 2.33. The van der Waals surface area contributed by atoms with E-state index in [0.717, 1.165) is 18.7 Å². The van der Waals surface area contributed by atoms with E-state index in [2.05, 4.69) is 17.3 Å². The maximum absolute atomic E-state index is 9.82. The Kier molecular flexibility index (Phi) is 4.73. The quantitative estimate of drug-likeness (QED) is 0.894. The third kappa shape index (κ3) is 3.51. The Morgan fingerprint density at radius 2 is 2.22 bits per heavy atom. The van der Waals surface area contributed by atoms with Crippen molar-refractivity contribution >= 4 is 23.2 Å². The van der Waals surface area contributed by atoms with Crippen molar-refractivity contribution in [2.45, 2.75) is 13.0 Å².